The van der Waals surface area contributed by atoms with E-state index >= 15 is 0 Å². The van der Waals surface area contributed by atoms with Gasteiger partial charge in [-0.1, -0.05) is 56.3 Å². The summed E-state index contributed by atoms with van der Waals surface area (Å²) in [5.41, 5.74) is 7.83. The average molecular weight is 469 g/mol. The molecule has 1 aliphatic heterocycles. The van der Waals surface area contributed by atoms with Crippen molar-refractivity contribution in [2.24, 2.45) is 0 Å². The number of hydrogen-bond donors (Lipinski definition) is 1. The van der Waals surface area contributed by atoms with Crippen molar-refractivity contribution in [1.29, 1.82) is 5.26 Å². The van der Waals surface area contributed by atoms with Gasteiger partial charge in [0.05, 0.1) is 28.7 Å². The summed E-state index contributed by atoms with van der Waals surface area (Å²) in [5.74, 6) is 0.905. The van der Waals surface area contributed by atoms with Crippen LogP contribution in [0.25, 0.3) is 22.2 Å². The highest BCUT2D eigenvalue weighted by molar-refractivity contribution is 5.92. The van der Waals surface area contributed by atoms with E-state index in [1.807, 2.05) is 24.4 Å². The number of para-hydroxylation sites is 2. The van der Waals surface area contributed by atoms with Gasteiger partial charge in [0.2, 0.25) is 0 Å². The molecule has 6 rings (SSSR count). The maximum absolute atomic E-state index is 10.5. The molecule has 0 atom stereocenters. The summed E-state index contributed by atoms with van der Waals surface area (Å²) in [7, 11) is 0. The third-order valence-electron chi connectivity index (χ3n) is 7.09. The Morgan fingerprint density at radius 1 is 0.889 bits per heavy atom. The summed E-state index contributed by atoms with van der Waals surface area (Å²) in [6, 6.07) is 28.0. The molecule has 0 aliphatic carbocycles. The second-order valence-electron chi connectivity index (χ2n) is 9.74. The predicted molar refractivity (Wildman–Crippen MR) is 143 cm³/mol. The van der Waals surface area contributed by atoms with Crippen LogP contribution in [-0.2, 0) is 5.41 Å². The predicted octanol–water partition coefficient (Wildman–Crippen LogP) is 7.29. The Bertz CT molecular complexity index is 1710. The minimum Gasteiger partial charge on any atom is -0.506 e. The smallest absolute Gasteiger partial charge is 0.141 e. The van der Waals surface area contributed by atoms with E-state index in [0.717, 1.165) is 28.3 Å². The standard InChI is InChI=1S/C31H24N4O/c1-19-13-14-33-29(15-19)35-26-9-5-4-8-23(26)31(2,3)24-12-11-20(17-27(24)35)25-16-21(18-32)22-7-6-10-28(36)30(22)34-25/h4-17,36H,1-3H3. The molecular weight excluding hydrogens is 444 g/mol. The molecule has 1 aliphatic rings. The first-order valence-electron chi connectivity index (χ1n) is 11.9. The molecule has 3 heterocycles. The Hall–Kier alpha value is -4.69. The molecule has 0 unspecified atom stereocenters. The molecule has 0 radical (unpaired) electrons. The van der Waals surface area contributed by atoms with Crippen molar-refractivity contribution in [3.05, 3.63) is 107 Å². The van der Waals surface area contributed by atoms with E-state index in [1.54, 1.807) is 18.2 Å². The van der Waals surface area contributed by atoms with Gasteiger partial charge >= 0.3 is 0 Å². The summed E-state index contributed by atoms with van der Waals surface area (Å²) < 4.78 is 0. The Balaban J connectivity index is 1.62. The van der Waals surface area contributed by atoms with Crippen molar-refractivity contribution >= 4 is 28.1 Å². The van der Waals surface area contributed by atoms with E-state index < -0.39 is 0 Å². The lowest BCUT2D eigenvalue weighted by atomic mass is 9.73. The minimum absolute atomic E-state index is 0.0597. The van der Waals surface area contributed by atoms with E-state index in [2.05, 4.69) is 74.2 Å². The number of fused-ring (bicyclic) bond motifs is 3. The van der Waals surface area contributed by atoms with Crippen LogP contribution in [0.4, 0.5) is 17.2 Å². The lowest BCUT2D eigenvalue weighted by molar-refractivity contribution is 0.480. The van der Waals surface area contributed by atoms with Crippen LogP contribution >= 0.6 is 0 Å². The molecule has 0 spiro atoms. The van der Waals surface area contributed by atoms with Gasteiger partial charge in [-0.3, -0.25) is 4.90 Å². The zero-order valence-corrected chi connectivity index (χ0v) is 20.3. The van der Waals surface area contributed by atoms with E-state index in [4.69, 9.17) is 9.97 Å². The number of hydrogen-bond acceptors (Lipinski definition) is 5. The molecule has 5 aromatic rings. The number of anilines is 3. The molecule has 0 bridgehead atoms. The van der Waals surface area contributed by atoms with Gasteiger partial charge in [-0.25, -0.2) is 9.97 Å². The highest BCUT2D eigenvalue weighted by atomic mass is 16.3. The Morgan fingerprint density at radius 3 is 2.50 bits per heavy atom. The third kappa shape index (κ3) is 3.23. The van der Waals surface area contributed by atoms with Crippen LogP contribution in [0.1, 0.15) is 36.1 Å². The second-order valence-corrected chi connectivity index (χ2v) is 9.74. The largest absolute Gasteiger partial charge is 0.506 e. The first kappa shape index (κ1) is 21.8. The first-order valence-corrected chi connectivity index (χ1v) is 11.9. The summed E-state index contributed by atoms with van der Waals surface area (Å²) in [6.45, 7) is 6.55. The Labute approximate surface area is 209 Å². The summed E-state index contributed by atoms with van der Waals surface area (Å²) in [6.07, 6.45) is 1.84. The summed E-state index contributed by atoms with van der Waals surface area (Å²) >= 11 is 0. The van der Waals surface area contributed by atoms with Crippen molar-refractivity contribution in [3.8, 4) is 23.1 Å². The van der Waals surface area contributed by atoms with Crippen molar-refractivity contribution in [2.45, 2.75) is 26.2 Å². The highest BCUT2D eigenvalue weighted by Gasteiger charge is 2.37. The van der Waals surface area contributed by atoms with Crippen LogP contribution in [0.15, 0.2) is 85.1 Å². The molecule has 36 heavy (non-hydrogen) atoms. The molecule has 0 saturated carbocycles. The minimum atomic E-state index is -0.225. The molecule has 3 aromatic carbocycles. The number of phenolic OH excluding ortho intramolecular Hbond substituents is 1. The second kappa shape index (κ2) is 7.93. The Kier molecular flexibility index (Phi) is 4.80. The molecular formula is C31H24N4O. The van der Waals surface area contributed by atoms with Gasteiger partial charge < -0.3 is 5.11 Å². The lowest BCUT2D eigenvalue weighted by Crippen LogP contribution is -2.31. The van der Waals surface area contributed by atoms with Gasteiger partial charge in [-0.05, 0) is 60.0 Å². The van der Waals surface area contributed by atoms with Crippen LogP contribution in [0.3, 0.4) is 0 Å². The topological polar surface area (TPSA) is 73.0 Å². The highest BCUT2D eigenvalue weighted by Crippen LogP contribution is 2.52. The van der Waals surface area contributed by atoms with E-state index in [1.165, 1.54) is 11.1 Å². The van der Waals surface area contributed by atoms with Gasteiger partial charge in [0.1, 0.15) is 17.1 Å². The van der Waals surface area contributed by atoms with Gasteiger partial charge in [0, 0.05) is 22.6 Å². The Morgan fingerprint density at radius 2 is 1.69 bits per heavy atom. The van der Waals surface area contributed by atoms with Gasteiger partial charge in [0.15, 0.2) is 0 Å². The van der Waals surface area contributed by atoms with Crippen LogP contribution in [0.2, 0.25) is 0 Å². The average Bonchev–Trinajstić information content (AvgIpc) is 2.88. The number of aryl methyl sites for hydroxylation is 1. The van der Waals surface area contributed by atoms with E-state index in [-0.39, 0.29) is 11.2 Å². The zero-order chi connectivity index (χ0) is 25.0. The number of nitrogens with zero attached hydrogens (tertiary/aromatic N) is 4. The molecule has 174 valence electrons. The molecule has 5 heteroatoms. The van der Waals surface area contributed by atoms with Crippen LogP contribution < -0.4 is 4.90 Å². The van der Waals surface area contributed by atoms with E-state index in [9.17, 15) is 10.4 Å². The van der Waals surface area contributed by atoms with Crippen molar-refractivity contribution < 1.29 is 5.11 Å². The maximum atomic E-state index is 10.5. The number of aromatic hydroxyl groups is 1. The molecule has 2 aromatic heterocycles. The number of phenols is 1. The molecule has 1 N–H and O–H groups in total. The maximum Gasteiger partial charge on any atom is 0.141 e. The van der Waals surface area contributed by atoms with Crippen molar-refractivity contribution in [1.82, 2.24) is 9.97 Å². The molecule has 0 amide bonds. The fourth-order valence-corrected chi connectivity index (χ4v) is 5.24. The fourth-order valence-electron chi connectivity index (χ4n) is 5.24. The lowest BCUT2D eigenvalue weighted by Gasteiger charge is -2.41. The van der Waals surface area contributed by atoms with Crippen LogP contribution in [-0.4, -0.2) is 15.1 Å². The normalized spacial score (nSPS) is 13.7. The van der Waals surface area contributed by atoms with E-state index in [0.29, 0.717) is 22.2 Å². The number of rotatable bonds is 2. The quantitative estimate of drug-likeness (QED) is 0.294. The number of benzene rings is 3. The molecule has 0 saturated heterocycles. The number of pyridine rings is 2. The number of nitriles is 1. The summed E-state index contributed by atoms with van der Waals surface area (Å²) in [4.78, 5) is 11.7. The van der Waals surface area contributed by atoms with Crippen molar-refractivity contribution in [2.75, 3.05) is 4.90 Å². The summed E-state index contributed by atoms with van der Waals surface area (Å²) in [5, 5.41) is 20.9. The number of aromatic nitrogens is 2. The fraction of sp³-hybridized carbons (Fsp3) is 0.129. The monoisotopic (exact) mass is 468 g/mol. The first-order chi connectivity index (χ1) is 17.4. The molecule has 0 fully saturated rings. The van der Waals surface area contributed by atoms with Crippen molar-refractivity contribution in [3.63, 3.8) is 0 Å². The van der Waals surface area contributed by atoms with Gasteiger partial charge in [0.25, 0.3) is 0 Å². The SMILES string of the molecule is Cc1ccnc(N2c3ccccc3C(C)(C)c3ccc(-c4cc(C#N)c5cccc(O)c5n4)cc32)c1. The van der Waals surface area contributed by atoms with Crippen LogP contribution in [0, 0.1) is 18.3 Å². The third-order valence-corrected chi connectivity index (χ3v) is 7.09. The molecule has 5 nitrogen and oxygen atoms in total. The van der Waals surface area contributed by atoms with Crippen LogP contribution in [0.5, 0.6) is 5.75 Å². The van der Waals surface area contributed by atoms with Gasteiger partial charge in [-0.15, -0.1) is 0 Å². The zero-order valence-electron chi connectivity index (χ0n) is 20.3. The van der Waals surface area contributed by atoms with Gasteiger partial charge in [-0.2, -0.15) is 5.26 Å².